The molecule has 0 aliphatic carbocycles. The van der Waals surface area contributed by atoms with Gasteiger partial charge in [0.05, 0.1) is 7.11 Å². The predicted molar refractivity (Wildman–Crippen MR) is 48.5 cm³/mol. The third kappa shape index (κ3) is 2.87. The van der Waals surface area contributed by atoms with E-state index in [1.807, 2.05) is 0 Å². The Bertz CT molecular complexity index is 382. The third-order valence-corrected chi connectivity index (χ3v) is 1.88. The van der Waals surface area contributed by atoms with Crippen LogP contribution in [0.4, 0.5) is 8.78 Å². The van der Waals surface area contributed by atoms with E-state index in [2.05, 4.69) is 0 Å². The monoisotopic (exact) mass is 217 g/mol. The van der Waals surface area contributed by atoms with Crippen LogP contribution in [0, 0.1) is 21.7 Å². The molecule has 0 N–H and O–H groups in total. The molecule has 1 aromatic carbocycles. The maximum atomic E-state index is 13.2. The summed E-state index contributed by atoms with van der Waals surface area (Å²) in [6, 6.07) is 1.68. The van der Waals surface area contributed by atoms with Crippen LogP contribution in [0.25, 0.3) is 0 Å². The maximum Gasteiger partial charge on any atom is 0.208 e. The highest BCUT2D eigenvalue weighted by Gasteiger charge is 2.14. The van der Waals surface area contributed by atoms with Crippen LogP contribution in [0.2, 0.25) is 0 Å². The largest absolute Gasteiger partial charge is 0.496 e. The Kier molecular flexibility index (Phi) is 3.54. The standard InChI is InChI=1S/C9H9F2NO3/c1-15-9-5-6(10)4-8(11)7(9)2-3-12(13)14/h4-5H,2-3H2,1H3. The van der Waals surface area contributed by atoms with Gasteiger partial charge in [-0.25, -0.2) is 8.78 Å². The smallest absolute Gasteiger partial charge is 0.208 e. The van der Waals surface area contributed by atoms with Crippen LogP contribution in [-0.4, -0.2) is 18.6 Å². The summed E-state index contributed by atoms with van der Waals surface area (Å²) in [6.07, 6.45) is -0.123. The van der Waals surface area contributed by atoms with E-state index in [-0.39, 0.29) is 17.7 Å². The molecule has 0 unspecified atom stereocenters. The van der Waals surface area contributed by atoms with Gasteiger partial charge in [0.1, 0.15) is 17.4 Å². The van der Waals surface area contributed by atoms with Gasteiger partial charge < -0.3 is 4.74 Å². The minimum absolute atomic E-state index is 0.00523. The second kappa shape index (κ2) is 4.68. The quantitative estimate of drug-likeness (QED) is 0.570. The topological polar surface area (TPSA) is 52.4 Å². The number of benzene rings is 1. The Morgan fingerprint density at radius 2 is 2.13 bits per heavy atom. The van der Waals surface area contributed by atoms with Crippen molar-refractivity contribution in [1.29, 1.82) is 0 Å². The molecule has 0 amide bonds. The van der Waals surface area contributed by atoms with E-state index in [4.69, 9.17) is 4.74 Å². The van der Waals surface area contributed by atoms with Crippen LogP contribution >= 0.6 is 0 Å². The molecule has 6 heteroatoms. The Morgan fingerprint density at radius 1 is 1.47 bits per heavy atom. The lowest BCUT2D eigenvalue weighted by Gasteiger charge is -2.07. The van der Waals surface area contributed by atoms with Crippen molar-refractivity contribution in [3.05, 3.63) is 39.4 Å². The number of methoxy groups -OCH3 is 1. The van der Waals surface area contributed by atoms with E-state index >= 15 is 0 Å². The van der Waals surface area contributed by atoms with E-state index in [0.29, 0.717) is 6.07 Å². The highest BCUT2D eigenvalue weighted by Crippen LogP contribution is 2.23. The van der Waals surface area contributed by atoms with Crippen molar-refractivity contribution in [2.45, 2.75) is 6.42 Å². The van der Waals surface area contributed by atoms with Crippen molar-refractivity contribution in [2.24, 2.45) is 0 Å². The van der Waals surface area contributed by atoms with Gasteiger partial charge in [-0.05, 0) is 0 Å². The molecule has 0 bridgehead atoms. The lowest BCUT2D eigenvalue weighted by molar-refractivity contribution is -0.479. The molecule has 0 aliphatic rings. The fourth-order valence-electron chi connectivity index (χ4n) is 1.21. The number of ether oxygens (including phenoxy) is 1. The van der Waals surface area contributed by atoms with E-state index < -0.39 is 23.1 Å². The molecule has 0 aliphatic heterocycles. The zero-order valence-electron chi connectivity index (χ0n) is 8.00. The van der Waals surface area contributed by atoms with Crippen molar-refractivity contribution in [1.82, 2.24) is 0 Å². The SMILES string of the molecule is COc1cc(F)cc(F)c1CC[N+](=O)[O-]. The third-order valence-electron chi connectivity index (χ3n) is 1.88. The highest BCUT2D eigenvalue weighted by atomic mass is 19.1. The molecule has 15 heavy (non-hydrogen) atoms. The second-order valence-electron chi connectivity index (χ2n) is 2.87. The van der Waals surface area contributed by atoms with Crippen LogP contribution in [-0.2, 0) is 6.42 Å². The molecule has 0 spiro atoms. The molecular weight excluding hydrogens is 208 g/mol. The lowest BCUT2D eigenvalue weighted by atomic mass is 10.1. The average molecular weight is 217 g/mol. The fourth-order valence-corrected chi connectivity index (χ4v) is 1.21. The molecule has 0 saturated carbocycles. The normalized spacial score (nSPS) is 10.1. The van der Waals surface area contributed by atoms with Crippen LogP contribution in [0.15, 0.2) is 12.1 Å². The summed E-state index contributed by atoms with van der Waals surface area (Å²) in [5, 5.41) is 10.1. The summed E-state index contributed by atoms with van der Waals surface area (Å²) in [7, 11) is 1.25. The van der Waals surface area contributed by atoms with Gasteiger partial charge in [0.15, 0.2) is 0 Å². The van der Waals surface area contributed by atoms with Crippen molar-refractivity contribution < 1.29 is 18.4 Å². The van der Waals surface area contributed by atoms with Crippen molar-refractivity contribution in [3.63, 3.8) is 0 Å². The Balaban J connectivity index is 2.98. The highest BCUT2D eigenvalue weighted by molar-refractivity contribution is 5.35. The van der Waals surface area contributed by atoms with Crippen LogP contribution < -0.4 is 4.74 Å². The second-order valence-corrected chi connectivity index (χ2v) is 2.87. The summed E-state index contributed by atoms with van der Waals surface area (Å²) in [5.41, 5.74) is 0.0237. The maximum absolute atomic E-state index is 13.2. The molecule has 0 saturated heterocycles. The summed E-state index contributed by atoms with van der Waals surface area (Å²) in [6.45, 7) is -0.418. The summed E-state index contributed by atoms with van der Waals surface area (Å²) >= 11 is 0. The summed E-state index contributed by atoms with van der Waals surface area (Å²) in [5.74, 6) is -1.60. The van der Waals surface area contributed by atoms with Crippen LogP contribution in [0.5, 0.6) is 5.75 Å². The van der Waals surface area contributed by atoms with E-state index in [1.54, 1.807) is 0 Å². The Labute approximate surface area is 84.6 Å². The molecule has 0 aromatic heterocycles. The fraction of sp³-hybridized carbons (Fsp3) is 0.333. The van der Waals surface area contributed by atoms with Gasteiger partial charge in [0.2, 0.25) is 6.54 Å². The van der Waals surface area contributed by atoms with Gasteiger partial charge >= 0.3 is 0 Å². The van der Waals surface area contributed by atoms with Gasteiger partial charge in [0.25, 0.3) is 0 Å². The van der Waals surface area contributed by atoms with Gasteiger partial charge in [-0.1, -0.05) is 0 Å². The molecule has 0 fully saturated rings. The average Bonchev–Trinajstić information content (AvgIpc) is 2.14. The number of hydrogen-bond acceptors (Lipinski definition) is 3. The number of hydrogen-bond donors (Lipinski definition) is 0. The van der Waals surface area contributed by atoms with E-state index in [0.717, 1.165) is 6.07 Å². The first-order chi connectivity index (χ1) is 7.04. The molecular formula is C9H9F2NO3. The van der Waals surface area contributed by atoms with Crippen molar-refractivity contribution >= 4 is 0 Å². The van der Waals surface area contributed by atoms with Gasteiger partial charge in [-0.15, -0.1) is 0 Å². The molecule has 0 atom stereocenters. The first-order valence-electron chi connectivity index (χ1n) is 4.18. The Hall–Kier alpha value is -1.72. The number of nitro groups is 1. The molecule has 4 nitrogen and oxygen atoms in total. The van der Waals surface area contributed by atoms with Crippen LogP contribution in [0.1, 0.15) is 5.56 Å². The minimum Gasteiger partial charge on any atom is -0.496 e. The first kappa shape index (κ1) is 11.4. The van der Waals surface area contributed by atoms with Gasteiger partial charge in [-0.3, -0.25) is 10.1 Å². The zero-order chi connectivity index (χ0) is 11.4. The molecule has 0 radical (unpaired) electrons. The van der Waals surface area contributed by atoms with E-state index in [1.165, 1.54) is 7.11 Å². The first-order valence-corrected chi connectivity index (χ1v) is 4.18. The van der Waals surface area contributed by atoms with Gasteiger partial charge in [-0.2, -0.15) is 0 Å². The zero-order valence-corrected chi connectivity index (χ0v) is 8.00. The molecule has 82 valence electrons. The summed E-state index contributed by atoms with van der Waals surface area (Å²) in [4.78, 5) is 9.55. The molecule has 1 rings (SSSR count). The van der Waals surface area contributed by atoms with E-state index in [9.17, 15) is 18.9 Å². The van der Waals surface area contributed by atoms with Crippen LogP contribution in [0.3, 0.4) is 0 Å². The predicted octanol–water partition coefficient (Wildman–Crippen LogP) is 1.79. The number of nitrogens with zero attached hydrogens (tertiary/aromatic N) is 1. The lowest BCUT2D eigenvalue weighted by Crippen LogP contribution is -2.07. The number of halogens is 2. The molecule has 1 aromatic rings. The van der Waals surface area contributed by atoms with Gasteiger partial charge in [0, 0.05) is 29.0 Å². The van der Waals surface area contributed by atoms with Crippen molar-refractivity contribution in [2.75, 3.05) is 13.7 Å². The summed E-state index contributed by atoms with van der Waals surface area (Å²) < 4.78 is 30.7. The van der Waals surface area contributed by atoms with Crippen molar-refractivity contribution in [3.8, 4) is 5.75 Å². The Morgan fingerprint density at radius 3 is 2.67 bits per heavy atom. The molecule has 0 heterocycles. The minimum atomic E-state index is -0.825. The number of rotatable bonds is 4.